The van der Waals surface area contributed by atoms with Gasteiger partial charge < -0.3 is 16.0 Å². The zero-order valence-electron chi connectivity index (χ0n) is 22.7. The lowest BCUT2D eigenvalue weighted by Crippen LogP contribution is -2.40. The second kappa shape index (κ2) is 11.7. The summed E-state index contributed by atoms with van der Waals surface area (Å²) in [4.78, 5) is 35.5. The Balaban J connectivity index is 1.44. The second-order valence-corrected chi connectivity index (χ2v) is 11.7. The van der Waals surface area contributed by atoms with E-state index in [1.54, 1.807) is 63.4 Å². The van der Waals surface area contributed by atoms with Crippen LogP contribution in [0.4, 0.5) is 34.6 Å². The molecule has 0 spiro atoms. The molecule has 4 aromatic rings. The van der Waals surface area contributed by atoms with Crippen LogP contribution in [-0.2, 0) is 10.0 Å². The zero-order chi connectivity index (χ0) is 29.8. The van der Waals surface area contributed by atoms with Crippen LogP contribution in [0, 0.1) is 17.0 Å². The van der Waals surface area contributed by atoms with Crippen LogP contribution in [0.5, 0.6) is 0 Å². The van der Waals surface area contributed by atoms with E-state index in [-0.39, 0.29) is 22.3 Å². The Bertz CT molecular complexity index is 1690. The lowest BCUT2D eigenvalue weighted by molar-refractivity contribution is -0.385. The molecule has 0 atom stereocenters. The van der Waals surface area contributed by atoms with E-state index >= 15 is 0 Å². The van der Waals surface area contributed by atoms with Gasteiger partial charge in [0, 0.05) is 40.3 Å². The van der Waals surface area contributed by atoms with Crippen LogP contribution in [0.25, 0.3) is 0 Å². The summed E-state index contributed by atoms with van der Waals surface area (Å²) >= 11 is 0. The Hall–Kier alpha value is -4.95. The van der Waals surface area contributed by atoms with Gasteiger partial charge in [-0.3, -0.25) is 14.9 Å². The molecule has 41 heavy (non-hydrogen) atoms. The molecule has 1 amide bonds. The second-order valence-electron chi connectivity index (χ2n) is 10.0. The monoisotopic (exact) mass is 576 g/mol. The molecule has 0 bridgehead atoms. The van der Waals surface area contributed by atoms with Crippen molar-refractivity contribution in [1.29, 1.82) is 0 Å². The molecule has 2 heterocycles. The van der Waals surface area contributed by atoms with Gasteiger partial charge in [-0.15, -0.1) is 0 Å². The highest BCUT2D eigenvalue weighted by Crippen LogP contribution is 2.24. The number of aromatic nitrogens is 3. The minimum absolute atomic E-state index is 0.121. The van der Waals surface area contributed by atoms with E-state index in [0.29, 0.717) is 22.8 Å². The molecule has 2 aromatic heterocycles. The van der Waals surface area contributed by atoms with Crippen molar-refractivity contribution >= 4 is 50.6 Å². The van der Waals surface area contributed by atoms with Gasteiger partial charge in [-0.05, 0) is 76.2 Å². The predicted molar refractivity (Wildman–Crippen MR) is 155 cm³/mol. The molecule has 0 saturated carbocycles. The van der Waals surface area contributed by atoms with E-state index < -0.39 is 26.4 Å². The molecule has 0 fully saturated rings. The molecule has 4 N–H and O–H groups in total. The van der Waals surface area contributed by atoms with E-state index in [2.05, 4.69) is 35.6 Å². The van der Waals surface area contributed by atoms with Gasteiger partial charge in [0.05, 0.1) is 9.82 Å². The van der Waals surface area contributed by atoms with Gasteiger partial charge >= 0.3 is 0 Å². The van der Waals surface area contributed by atoms with Crippen molar-refractivity contribution in [1.82, 2.24) is 19.7 Å². The number of pyridine rings is 1. The van der Waals surface area contributed by atoms with Gasteiger partial charge in [-0.1, -0.05) is 6.07 Å². The summed E-state index contributed by atoms with van der Waals surface area (Å²) in [5.41, 5.74) is 1.43. The summed E-state index contributed by atoms with van der Waals surface area (Å²) in [5, 5.41) is 19.6. The van der Waals surface area contributed by atoms with Crippen molar-refractivity contribution in [3.05, 3.63) is 94.3 Å². The molecule has 14 heteroatoms. The highest BCUT2D eigenvalue weighted by molar-refractivity contribution is 7.89. The smallest absolute Gasteiger partial charge is 0.287 e. The first kappa shape index (κ1) is 29.0. The van der Waals surface area contributed by atoms with Crippen LogP contribution >= 0.6 is 0 Å². The number of nitrogens with one attached hydrogen (secondary N) is 4. The number of hydrogen-bond acceptors (Lipinski definition) is 10. The van der Waals surface area contributed by atoms with Crippen LogP contribution < -0.4 is 20.7 Å². The molecule has 0 radical (unpaired) electrons. The molecule has 0 aliphatic rings. The summed E-state index contributed by atoms with van der Waals surface area (Å²) in [7, 11) is -3.72. The Morgan fingerprint density at radius 1 is 0.927 bits per heavy atom. The molecule has 212 valence electrons. The number of carbonyl (C=O) groups is 1. The van der Waals surface area contributed by atoms with Gasteiger partial charge in [0.25, 0.3) is 11.6 Å². The summed E-state index contributed by atoms with van der Waals surface area (Å²) in [6.07, 6.45) is 2.69. The first-order chi connectivity index (χ1) is 19.3. The highest BCUT2D eigenvalue weighted by atomic mass is 32.2. The quantitative estimate of drug-likeness (QED) is 0.158. The minimum Gasteiger partial charge on any atom is -0.340 e. The molecule has 0 aliphatic heterocycles. The summed E-state index contributed by atoms with van der Waals surface area (Å²) in [5.74, 6) is 0.512. The average Bonchev–Trinajstić information content (AvgIpc) is 2.90. The number of aryl methyl sites for hydroxylation is 1. The lowest BCUT2D eigenvalue weighted by atomic mass is 10.1. The predicted octanol–water partition coefficient (Wildman–Crippen LogP) is 4.90. The average molecular weight is 577 g/mol. The maximum absolute atomic E-state index is 12.7. The number of amides is 1. The third-order valence-corrected chi connectivity index (χ3v) is 7.18. The van der Waals surface area contributed by atoms with E-state index in [1.165, 1.54) is 24.3 Å². The maximum atomic E-state index is 12.7. The van der Waals surface area contributed by atoms with Gasteiger partial charge in [-0.2, -0.15) is 4.98 Å². The Morgan fingerprint density at radius 3 is 2.29 bits per heavy atom. The number of nitrogens with zero attached hydrogens (tertiary/aromatic N) is 4. The van der Waals surface area contributed by atoms with Crippen LogP contribution in [0.1, 0.15) is 36.7 Å². The number of anilines is 5. The van der Waals surface area contributed by atoms with E-state index in [4.69, 9.17) is 0 Å². The molecule has 2 aromatic carbocycles. The first-order valence-electron chi connectivity index (χ1n) is 12.3. The number of benzene rings is 2. The topological polar surface area (TPSA) is 181 Å². The number of nitro groups is 1. The largest absolute Gasteiger partial charge is 0.340 e. The van der Waals surface area contributed by atoms with Crippen LogP contribution in [-0.4, -0.2) is 39.7 Å². The Labute approximate surface area is 236 Å². The molecule has 4 rings (SSSR count). The van der Waals surface area contributed by atoms with Crippen molar-refractivity contribution in [3.63, 3.8) is 0 Å². The number of sulfonamides is 1. The standard InChI is InChI=1S/C27H28N8O5S/c1-17-15-29-26(33-24(17)30-20-6-5-7-22(14-20)41(39,40)34-27(2,3)4)31-19-10-8-18(9-11-19)25(36)32-23-13-12-21(16-28-23)35(37)38/h5-16,34H,1-4H3,(H,28,32,36)(H2,29,30,31,33). The minimum atomic E-state index is -3.72. The van der Waals surface area contributed by atoms with Crippen LogP contribution in [0.15, 0.2) is 78.0 Å². The van der Waals surface area contributed by atoms with Crippen LogP contribution in [0.2, 0.25) is 0 Å². The SMILES string of the molecule is Cc1cnc(Nc2ccc(C(=O)Nc3ccc([N+](=O)[O-])cn3)cc2)nc1Nc1cccc(S(=O)(=O)NC(C)(C)C)c1. The number of rotatable bonds is 9. The van der Waals surface area contributed by atoms with Gasteiger partial charge in [0.15, 0.2) is 0 Å². The number of hydrogen-bond donors (Lipinski definition) is 4. The fraction of sp³-hybridized carbons (Fsp3) is 0.185. The van der Waals surface area contributed by atoms with Crippen molar-refractivity contribution in [2.75, 3.05) is 16.0 Å². The fourth-order valence-electron chi connectivity index (χ4n) is 3.56. The fourth-order valence-corrected chi connectivity index (χ4v) is 5.02. The van der Waals surface area contributed by atoms with Crippen LogP contribution in [0.3, 0.4) is 0 Å². The third-order valence-electron chi connectivity index (χ3n) is 5.42. The van der Waals surface area contributed by atoms with E-state index in [0.717, 1.165) is 11.8 Å². The lowest BCUT2D eigenvalue weighted by Gasteiger charge is -2.20. The van der Waals surface area contributed by atoms with E-state index in [1.807, 2.05) is 6.92 Å². The normalized spacial score (nSPS) is 11.5. The third kappa shape index (κ3) is 7.80. The molecule has 0 unspecified atom stereocenters. The van der Waals surface area contributed by atoms with Gasteiger partial charge in [-0.25, -0.2) is 23.1 Å². The zero-order valence-corrected chi connectivity index (χ0v) is 23.5. The van der Waals surface area contributed by atoms with Gasteiger partial charge in [0.1, 0.15) is 17.8 Å². The van der Waals surface area contributed by atoms with Crippen molar-refractivity contribution in [2.24, 2.45) is 0 Å². The first-order valence-corrected chi connectivity index (χ1v) is 13.8. The molecule has 0 saturated heterocycles. The van der Waals surface area contributed by atoms with Gasteiger partial charge in [0.2, 0.25) is 16.0 Å². The summed E-state index contributed by atoms with van der Waals surface area (Å²) < 4.78 is 28.1. The molecule has 0 aliphatic carbocycles. The number of carbonyl (C=O) groups excluding carboxylic acids is 1. The van der Waals surface area contributed by atoms with Crippen molar-refractivity contribution in [2.45, 2.75) is 38.1 Å². The Morgan fingerprint density at radius 2 is 1.66 bits per heavy atom. The van der Waals surface area contributed by atoms with E-state index in [9.17, 15) is 23.3 Å². The highest BCUT2D eigenvalue weighted by Gasteiger charge is 2.22. The summed E-state index contributed by atoms with van der Waals surface area (Å²) in [6, 6.07) is 15.6. The molecular weight excluding hydrogens is 548 g/mol. The molecule has 13 nitrogen and oxygen atoms in total. The van der Waals surface area contributed by atoms with Crippen molar-refractivity contribution in [3.8, 4) is 0 Å². The van der Waals surface area contributed by atoms with Crippen molar-refractivity contribution < 1.29 is 18.1 Å². The molecular formula is C27H28N8O5S. The Kier molecular flexibility index (Phi) is 8.26. The summed E-state index contributed by atoms with van der Waals surface area (Å²) in [6.45, 7) is 7.13. The maximum Gasteiger partial charge on any atom is 0.287 e.